The standard InChI is InChI=1S/C26H31N5O6/c1-3-4-13-37-25(35)15-5-7-16(8-6-15)27-23(33)19-14-20(32)29-22-21(19)24(34)31-26(30-22)28-17-9-11-18(36-2)12-10-17/h5-12,19,21-22,26,28,30H,3-4,13-14H2,1-2H3,(H,27,33)(H,29,32)(H,31,34). The average Bonchev–Trinajstić information content (AvgIpc) is 2.89. The number of methoxy groups -OCH3 is 1. The fourth-order valence-corrected chi connectivity index (χ4v) is 4.32. The molecule has 2 aliphatic rings. The molecule has 0 spiro atoms. The fourth-order valence-electron chi connectivity index (χ4n) is 4.32. The Bertz CT molecular complexity index is 1140. The number of benzene rings is 2. The highest BCUT2D eigenvalue weighted by Crippen LogP contribution is 2.28. The zero-order valence-corrected chi connectivity index (χ0v) is 20.7. The summed E-state index contributed by atoms with van der Waals surface area (Å²) in [5, 5.41) is 14.6. The lowest BCUT2D eigenvalue weighted by molar-refractivity contribution is -0.144. The molecule has 11 nitrogen and oxygen atoms in total. The Balaban J connectivity index is 1.38. The maximum absolute atomic E-state index is 13.1. The molecule has 2 aliphatic heterocycles. The van der Waals surface area contributed by atoms with Gasteiger partial charge in [-0.15, -0.1) is 0 Å². The number of unbranched alkanes of at least 4 members (excludes halogenated alkanes) is 1. The number of piperidine rings is 1. The maximum atomic E-state index is 13.1. The molecule has 0 aromatic heterocycles. The van der Waals surface area contributed by atoms with Gasteiger partial charge in [-0.05, 0) is 55.0 Å². The number of hydrogen-bond acceptors (Lipinski definition) is 8. The number of nitrogens with one attached hydrogen (secondary N) is 5. The first-order valence-electron chi connectivity index (χ1n) is 12.2. The number of fused-ring (bicyclic) bond motifs is 1. The minimum atomic E-state index is -0.883. The van der Waals surface area contributed by atoms with Crippen LogP contribution in [0.4, 0.5) is 11.4 Å². The molecule has 3 amide bonds. The van der Waals surface area contributed by atoms with E-state index >= 15 is 0 Å². The summed E-state index contributed by atoms with van der Waals surface area (Å²) in [6, 6.07) is 13.4. The zero-order valence-electron chi connectivity index (χ0n) is 20.7. The summed E-state index contributed by atoms with van der Waals surface area (Å²) in [7, 11) is 1.57. The van der Waals surface area contributed by atoms with Crippen molar-refractivity contribution in [2.24, 2.45) is 11.8 Å². The van der Waals surface area contributed by atoms with E-state index in [0.29, 0.717) is 23.6 Å². The van der Waals surface area contributed by atoms with Crippen LogP contribution in [0.1, 0.15) is 36.5 Å². The zero-order chi connectivity index (χ0) is 26.4. The number of carbonyl (C=O) groups excluding carboxylic acids is 4. The van der Waals surface area contributed by atoms with Gasteiger partial charge < -0.3 is 30.7 Å². The van der Waals surface area contributed by atoms with Crippen LogP contribution in [0.3, 0.4) is 0 Å². The maximum Gasteiger partial charge on any atom is 0.338 e. The van der Waals surface area contributed by atoms with Gasteiger partial charge in [-0.2, -0.15) is 0 Å². The summed E-state index contributed by atoms with van der Waals surface area (Å²) < 4.78 is 10.3. The minimum absolute atomic E-state index is 0.124. The highest BCUT2D eigenvalue weighted by molar-refractivity contribution is 6.00. The van der Waals surface area contributed by atoms with E-state index in [1.165, 1.54) is 0 Å². The quantitative estimate of drug-likeness (QED) is 0.254. The van der Waals surface area contributed by atoms with Crippen molar-refractivity contribution in [3.05, 3.63) is 54.1 Å². The SMILES string of the molecule is CCCCOC(=O)c1ccc(NC(=O)C2CC(=O)NC3NC(Nc4ccc(OC)cc4)NC(=O)C32)cc1. The molecule has 37 heavy (non-hydrogen) atoms. The largest absolute Gasteiger partial charge is 0.497 e. The predicted molar refractivity (Wildman–Crippen MR) is 135 cm³/mol. The van der Waals surface area contributed by atoms with E-state index in [0.717, 1.165) is 18.5 Å². The lowest BCUT2D eigenvalue weighted by atomic mass is 9.81. The van der Waals surface area contributed by atoms with Crippen molar-refractivity contribution < 1.29 is 28.7 Å². The molecule has 2 aromatic rings. The van der Waals surface area contributed by atoms with Gasteiger partial charge in [0, 0.05) is 17.8 Å². The van der Waals surface area contributed by atoms with Crippen molar-refractivity contribution in [1.29, 1.82) is 0 Å². The summed E-state index contributed by atoms with van der Waals surface area (Å²) in [4.78, 5) is 50.7. The summed E-state index contributed by atoms with van der Waals surface area (Å²) >= 11 is 0. The third-order valence-electron chi connectivity index (χ3n) is 6.31. The van der Waals surface area contributed by atoms with E-state index in [9.17, 15) is 19.2 Å². The summed E-state index contributed by atoms with van der Waals surface area (Å²) in [5.74, 6) is -2.58. The normalized spacial score (nSPS) is 22.6. The number of amides is 3. The van der Waals surface area contributed by atoms with E-state index in [4.69, 9.17) is 9.47 Å². The Kier molecular flexibility index (Phi) is 8.24. The van der Waals surface area contributed by atoms with Crippen LogP contribution in [-0.4, -0.2) is 49.9 Å². The van der Waals surface area contributed by atoms with Crippen LogP contribution in [0.15, 0.2) is 48.5 Å². The Morgan fingerprint density at radius 1 is 1.00 bits per heavy atom. The molecule has 5 N–H and O–H groups in total. The molecule has 2 saturated heterocycles. The summed E-state index contributed by atoms with van der Waals surface area (Å²) in [6.07, 6.45) is 0.195. The number of rotatable bonds is 9. The molecule has 4 atom stereocenters. The number of esters is 1. The van der Waals surface area contributed by atoms with Crippen molar-refractivity contribution in [1.82, 2.24) is 16.0 Å². The van der Waals surface area contributed by atoms with Crippen LogP contribution in [0, 0.1) is 11.8 Å². The van der Waals surface area contributed by atoms with Crippen LogP contribution in [0.5, 0.6) is 5.75 Å². The molecular formula is C26H31N5O6. The number of anilines is 2. The molecule has 0 aliphatic carbocycles. The Hall–Kier alpha value is -4.12. The van der Waals surface area contributed by atoms with Gasteiger partial charge in [0.05, 0.1) is 37.3 Å². The lowest BCUT2D eigenvalue weighted by Crippen LogP contribution is -2.72. The molecule has 0 bridgehead atoms. The molecule has 4 unspecified atom stereocenters. The number of hydrogen-bond donors (Lipinski definition) is 5. The van der Waals surface area contributed by atoms with E-state index < -0.39 is 36.2 Å². The molecule has 196 valence electrons. The van der Waals surface area contributed by atoms with Gasteiger partial charge in [-0.3, -0.25) is 19.7 Å². The van der Waals surface area contributed by atoms with Crippen LogP contribution < -0.4 is 31.3 Å². The van der Waals surface area contributed by atoms with Gasteiger partial charge in [0.25, 0.3) is 0 Å². The second-order valence-electron chi connectivity index (χ2n) is 8.92. The van der Waals surface area contributed by atoms with Crippen molar-refractivity contribution in [2.75, 3.05) is 24.4 Å². The molecular weight excluding hydrogens is 478 g/mol. The first-order valence-corrected chi connectivity index (χ1v) is 12.2. The molecule has 4 rings (SSSR count). The van der Waals surface area contributed by atoms with Crippen LogP contribution >= 0.6 is 0 Å². The molecule has 2 fully saturated rings. The van der Waals surface area contributed by atoms with Crippen molar-refractivity contribution >= 4 is 35.1 Å². The monoisotopic (exact) mass is 509 g/mol. The molecule has 0 saturated carbocycles. The van der Waals surface area contributed by atoms with E-state index in [1.807, 2.05) is 6.92 Å². The second-order valence-corrected chi connectivity index (χ2v) is 8.92. The topological polar surface area (TPSA) is 147 Å². The fraction of sp³-hybridized carbons (Fsp3) is 0.385. The Morgan fingerprint density at radius 2 is 1.70 bits per heavy atom. The molecule has 2 aromatic carbocycles. The van der Waals surface area contributed by atoms with E-state index in [1.54, 1.807) is 55.6 Å². The lowest BCUT2D eigenvalue weighted by Gasteiger charge is -2.43. The molecule has 0 radical (unpaired) electrons. The summed E-state index contributed by atoms with van der Waals surface area (Å²) in [5.41, 5.74) is 1.55. The van der Waals surface area contributed by atoms with E-state index in [2.05, 4.69) is 26.6 Å². The highest BCUT2D eigenvalue weighted by Gasteiger charge is 2.48. The van der Waals surface area contributed by atoms with Gasteiger partial charge in [0.1, 0.15) is 5.75 Å². The number of ether oxygens (including phenoxy) is 2. The molecule has 2 heterocycles. The van der Waals surface area contributed by atoms with Gasteiger partial charge in [0.15, 0.2) is 6.29 Å². The van der Waals surface area contributed by atoms with Gasteiger partial charge in [-0.25, -0.2) is 4.79 Å². The first-order chi connectivity index (χ1) is 17.9. The van der Waals surface area contributed by atoms with Crippen molar-refractivity contribution in [2.45, 2.75) is 38.6 Å². The third kappa shape index (κ3) is 6.36. The smallest absolute Gasteiger partial charge is 0.338 e. The molecule has 11 heteroatoms. The Morgan fingerprint density at radius 3 is 2.38 bits per heavy atom. The minimum Gasteiger partial charge on any atom is -0.497 e. The second kappa shape index (κ2) is 11.7. The van der Waals surface area contributed by atoms with Crippen LogP contribution in [-0.2, 0) is 19.1 Å². The van der Waals surface area contributed by atoms with Crippen LogP contribution in [0.25, 0.3) is 0 Å². The Labute approximate surface area is 214 Å². The number of carbonyl (C=O) groups is 4. The van der Waals surface area contributed by atoms with Crippen molar-refractivity contribution in [3.63, 3.8) is 0 Å². The van der Waals surface area contributed by atoms with Gasteiger partial charge in [-0.1, -0.05) is 13.3 Å². The van der Waals surface area contributed by atoms with Crippen LogP contribution in [0.2, 0.25) is 0 Å². The van der Waals surface area contributed by atoms with Gasteiger partial charge >= 0.3 is 5.97 Å². The first kappa shape index (κ1) is 26.0. The van der Waals surface area contributed by atoms with Crippen molar-refractivity contribution in [3.8, 4) is 5.75 Å². The summed E-state index contributed by atoms with van der Waals surface area (Å²) in [6.45, 7) is 2.36. The third-order valence-corrected chi connectivity index (χ3v) is 6.31. The highest BCUT2D eigenvalue weighted by atomic mass is 16.5. The van der Waals surface area contributed by atoms with Gasteiger partial charge in [0.2, 0.25) is 17.7 Å². The average molecular weight is 510 g/mol. The van der Waals surface area contributed by atoms with E-state index in [-0.39, 0.29) is 18.2 Å². The predicted octanol–water partition coefficient (Wildman–Crippen LogP) is 1.78.